The number of amides is 1. The van der Waals surface area contributed by atoms with Gasteiger partial charge in [0.1, 0.15) is 0 Å². The number of hydrogen-bond donors (Lipinski definition) is 0. The molecule has 4 nitrogen and oxygen atoms in total. The van der Waals surface area contributed by atoms with E-state index < -0.39 is 0 Å². The number of thiophene rings is 1. The van der Waals surface area contributed by atoms with E-state index in [1.54, 1.807) is 6.92 Å². The second-order valence-corrected chi connectivity index (χ2v) is 8.58. The summed E-state index contributed by atoms with van der Waals surface area (Å²) in [5.41, 5.74) is 0. The van der Waals surface area contributed by atoms with E-state index in [2.05, 4.69) is 22.4 Å². The Kier molecular flexibility index (Phi) is 5.21. The molecule has 120 valence electrons. The molecule has 2 saturated heterocycles. The van der Waals surface area contributed by atoms with Crippen LogP contribution in [0.5, 0.6) is 0 Å². The normalized spacial score (nSPS) is 24.1. The summed E-state index contributed by atoms with van der Waals surface area (Å²) in [6, 6.07) is 4.65. The first kappa shape index (κ1) is 16.0. The molecule has 0 radical (unpaired) electrons. The van der Waals surface area contributed by atoms with Gasteiger partial charge in [-0.1, -0.05) is 17.8 Å². The van der Waals surface area contributed by atoms with Gasteiger partial charge in [0, 0.05) is 55.7 Å². The van der Waals surface area contributed by atoms with Gasteiger partial charge in [-0.2, -0.15) is 0 Å². The van der Waals surface area contributed by atoms with Crippen LogP contribution in [0.25, 0.3) is 0 Å². The van der Waals surface area contributed by atoms with E-state index in [1.165, 1.54) is 16.6 Å². The molecule has 3 heterocycles. The fourth-order valence-electron chi connectivity index (χ4n) is 3.38. The lowest BCUT2D eigenvalue weighted by Gasteiger charge is -2.36. The SMILES string of the molecule is CC(=O)SC1CC(=O)N(C2CCN(Cc3cccs3)CC2)C1. The van der Waals surface area contributed by atoms with Crippen LogP contribution in [0.4, 0.5) is 0 Å². The monoisotopic (exact) mass is 338 g/mol. The number of rotatable bonds is 4. The van der Waals surface area contributed by atoms with Crippen LogP contribution in [-0.4, -0.2) is 51.7 Å². The molecule has 1 aromatic rings. The number of nitrogens with zero attached hydrogens (tertiary/aromatic N) is 2. The highest BCUT2D eigenvalue weighted by Crippen LogP contribution is 2.29. The molecule has 1 aromatic heterocycles. The zero-order chi connectivity index (χ0) is 15.5. The predicted octanol–water partition coefficient (Wildman–Crippen LogP) is 2.59. The molecule has 2 aliphatic rings. The van der Waals surface area contributed by atoms with E-state index in [4.69, 9.17) is 0 Å². The Hall–Kier alpha value is -0.850. The first-order valence-electron chi connectivity index (χ1n) is 7.83. The summed E-state index contributed by atoms with van der Waals surface area (Å²) in [4.78, 5) is 29.3. The predicted molar refractivity (Wildman–Crippen MR) is 91.0 cm³/mol. The molecule has 0 aromatic carbocycles. The minimum atomic E-state index is 0.116. The smallest absolute Gasteiger partial charge is 0.224 e. The van der Waals surface area contributed by atoms with Gasteiger partial charge in [-0.25, -0.2) is 0 Å². The van der Waals surface area contributed by atoms with Crippen molar-refractivity contribution in [3.05, 3.63) is 22.4 Å². The van der Waals surface area contributed by atoms with E-state index in [9.17, 15) is 9.59 Å². The van der Waals surface area contributed by atoms with Gasteiger partial charge in [0.05, 0.1) is 0 Å². The lowest BCUT2D eigenvalue weighted by atomic mass is 10.0. The Balaban J connectivity index is 1.49. The maximum Gasteiger partial charge on any atom is 0.224 e. The van der Waals surface area contributed by atoms with E-state index in [0.717, 1.165) is 39.0 Å². The minimum absolute atomic E-state index is 0.116. The molecule has 6 heteroatoms. The summed E-state index contributed by atoms with van der Waals surface area (Å²) >= 11 is 3.13. The molecule has 1 atom stereocenters. The highest BCUT2D eigenvalue weighted by molar-refractivity contribution is 8.14. The fourth-order valence-corrected chi connectivity index (χ4v) is 5.05. The first-order chi connectivity index (χ1) is 10.6. The molecule has 2 aliphatic heterocycles. The number of carbonyl (C=O) groups is 2. The third-order valence-corrected chi connectivity index (χ3v) is 6.26. The summed E-state index contributed by atoms with van der Waals surface area (Å²) in [5, 5.41) is 2.40. The summed E-state index contributed by atoms with van der Waals surface area (Å²) in [6.45, 7) is 5.47. The van der Waals surface area contributed by atoms with Crippen molar-refractivity contribution in [2.75, 3.05) is 19.6 Å². The van der Waals surface area contributed by atoms with Crippen LogP contribution in [0.3, 0.4) is 0 Å². The zero-order valence-corrected chi connectivity index (χ0v) is 14.5. The molecule has 1 unspecified atom stereocenters. The Morgan fingerprint density at radius 1 is 1.41 bits per heavy atom. The van der Waals surface area contributed by atoms with Crippen LogP contribution in [0.1, 0.15) is 31.1 Å². The molecule has 0 bridgehead atoms. The van der Waals surface area contributed by atoms with Crippen molar-refractivity contribution in [2.45, 2.75) is 44.0 Å². The van der Waals surface area contributed by atoms with Gasteiger partial charge in [0.15, 0.2) is 5.12 Å². The van der Waals surface area contributed by atoms with Gasteiger partial charge in [-0.3, -0.25) is 14.5 Å². The summed E-state index contributed by atoms with van der Waals surface area (Å²) in [5.74, 6) is 0.232. The minimum Gasteiger partial charge on any atom is -0.338 e. The quantitative estimate of drug-likeness (QED) is 0.846. The van der Waals surface area contributed by atoms with E-state index in [-0.39, 0.29) is 16.3 Å². The Labute approximate surface area is 139 Å². The lowest BCUT2D eigenvalue weighted by molar-refractivity contribution is -0.130. The lowest BCUT2D eigenvalue weighted by Crippen LogP contribution is -2.45. The van der Waals surface area contributed by atoms with Gasteiger partial charge in [-0.05, 0) is 24.3 Å². The number of piperidine rings is 1. The van der Waals surface area contributed by atoms with Crippen molar-refractivity contribution in [3.63, 3.8) is 0 Å². The molecule has 0 spiro atoms. The van der Waals surface area contributed by atoms with Crippen LogP contribution in [0.15, 0.2) is 17.5 Å². The molecule has 1 amide bonds. The summed E-state index contributed by atoms with van der Waals surface area (Å²) in [7, 11) is 0. The van der Waals surface area contributed by atoms with Crippen LogP contribution in [0.2, 0.25) is 0 Å². The van der Waals surface area contributed by atoms with Crippen molar-refractivity contribution in [2.24, 2.45) is 0 Å². The molecular weight excluding hydrogens is 316 g/mol. The fraction of sp³-hybridized carbons (Fsp3) is 0.625. The standard InChI is InChI=1S/C16H22N2O2S2/c1-12(19)22-15-9-16(20)18(11-15)13-4-6-17(7-5-13)10-14-3-2-8-21-14/h2-3,8,13,15H,4-7,9-11H2,1H3. The van der Waals surface area contributed by atoms with E-state index in [1.807, 2.05) is 16.2 Å². The molecular formula is C16H22N2O2S2. The zero-order valence-electron chi connectivity index (χ0n) is 12.9. The van der Waals surface area contributed by atoms with Gasteiger partial charge < -0.3 is 4.90 Å². The largest absolute Gasteiger partial charge is 0.338 e. The Bertz CT molecular complexity index is 524. The molecule has 0 aliphatic carbocycles. The second kappa shape index (κ2) is 7.15. The highest BCUT2D eigenvalue weighted by Gasteiger charge is 2.36. The number of carbonyl (C=O) groups excluding carboxylic acids is 2. The number of likely N-dealkylation sites (tertiary alicyclic amines) is 2. The molecule has 2 fully saturated rings. The topological polar surface area (TPSA) is 40.6 Å². The van der Waals surface area contributed by atoms with Crippen molar-refractivity contribution < 1.29 is 9.59 Å². The van der Waals surface area contributed by atoms with Crippen molar-refractivity contribution in [1.82, 2.24) is 9.80 Å². The Morgan fingerprint density at radius 2 is 2.18 bits per heavy atom. The van der Waals surface area contributed by atoms with Crippen molar-refractivity contribution >= 4 is 34.1 Å². The van der Waals surface area contributed by atoms with Crippen LogP contribution < -0.4 is 0 Å². The average molecular weight is 338 g/mol. The molecule has 0 N–H and O–H groups in total. The van der Waals surface area contributed by atoms with Crippen LogP contribution in [-0.2, 0) is 16.1 Å². The number of hydrogen-bond acceptors (Lipinski definition) is 5. The van der Waals surface area contributed by atoms with E-state index >= 15 is 0 Å². The van der Waals surface area contributed by atoms with Gasteiger partial charge in [0.25, 0.3) is 0 Å². The van der Waals surface area contributed by atoms with Gasteiger partial charge in [-0.15, -0.1) is 11.3 Å². The van der Waals surface area contributed by atoms with Crippen molar-refractivity contribution in [3.8, 4) is 0 Å². The first-order valence-corrected chi connectivity index (χ1v) is 9.59. The molecule has 3 rings (SSSR count). The third-order valence-electron chi connectivity index (χ3n) is 4.41. The summed E-state index contributed by atoms with van der Waals surface area (Å²) < 4.78 is 0. The second-order valence-electron chi connectivity index (χ2n) is 6.07. The van der Waals surface area contributed by atoms with Gasteiger partial charge in [0.2, 0.25) is 5.91 Å². The Morgan fingerprint density at radius 3 is 2.82 bits per heavy atom. The van der Waals surface area contributed by atoms with Crippen LogP contribution in [0, 0.1) is 0 Å². The number of thioether (sulfide) groups is 1. The van der Waals surface area contributed by atoms with Crippen LogP contribution >= 0.6 is 23.1 Å². The maximum atomic E-state index is 12.2. The van der Waals surface area contributed by atoms with Crippen molar-refractivity contribution in [1.29, 1.82) is 0 Å². The van der Waals surface area contributed by atoms with Gasteiger partial charge >= 0.3 is 0 Å². The average Bonchev–Trinajstić information content (AvgIpc) is 3.09. The third kappa shape index (κ3) is 3.91. The van der Waals surface area contributed by atoms with E-state index in [0.29, 0.717) is 12.5 Å². The highest BCUT2D eigenvalue weighted by atomic mass is 32.2. The maximum absolute atomic E-state index is 12.2. The molecule has 0 saturated carbocycles. The molecule has 22 heavy (non-hydrogen) atoms. The summed E-state index contributed by atoms with van der Waals surface area (Å²) in [6.07, 6.45) is 2.63.